The molecule has 2 aromatic rings. The molecule has 0 spiro atoms. The molecule has 1 aromatic carbocycles. The summed E-state index contributed by atoms with van der Waals surface area (Å²) in [6, 6.07) is 8.39. The Morgan fingerprint density at radius 3 is 2.71 bits per heavy atom. The zero-order valence-corrected chi connectivity index (χ0v) is 10.9. The highest BCUT2D eigenvalue weighted by atomic mass is 15.3. The summed E-state index contributed by atoms with van der Waals surface area (Å²) in [5.41, 5.74) is 8.26. The van der Waals surface area contributed by atoms with Crippen LogP contribution in [0.1, 0.15) is 26.0 Å². The van der Waals surface area contributed by atoms with E-state index in [1.54, 1.807) is 0 Å². The molecule has 0 aliphatic rings. The van der Waals surface area contributed by atoms with Gasteiger partial charge in [0.15, 0.2) is 0 Å². The molecular weight excluding hydrogens is 210 g/mol. The van der Waals surface area contributed by atoms with Gasteiger partial charge in [0.2, 0.25) is 0 Å². The highest BCUT2D eigenvalue weighted by Gasteiger charge is 2.20. The number of hydrogen-bond donors (Lipinski definition) is 1. The maximum Gasteiger partial charge on any atom is 0.0708 e. The van der Waals surface area contributed by atoms with Gasteiger partial charge >= 0.3 is 0 Å². The first-order valence-electron chi connectivity index (χ1n) is 6.14. The summed E-state index contributed by atoms with van der Waals surface area (Å²) in [6.45, 7) is 5.24. The zero-order chi connectivity index (χ0) is 12.5. The van der Waals surface area contributed by atoms with Crippen molar-refractivity contribution in [1.82, 2.24) is 9.78 Å². The predicted octanol–water partition coefficient (Wildman–Crippen LogP) is 2.49. The van der Waals surface area contributed by atoms with Crippen molar-refractivity contribution in [3.63, 3.8) is 0 Å². The molecule has 0 aliphatic heterocycles. The van der Waals surface area contributed by atoms with Crippen LogP contribution in [0.25, 0.3) is 10.9 Å². The molecule has 0 saturated heterocycles. The summed E-state index contributed by atoms with van der Waals surface area (Å²) in [4.78, 5) is 0. The first kappa shape index (κ1) is 12.1. The molecule has 2 rings (SSSR count). The van der Waals surface area contributed by atoms with Gasteiger partial charge in [-0.1, -0.05) is 32.0 Å². The van der Waals surface area contributed by atoms with Crippen LogP contribution in [0, 0.1) is 5.41 Å². The van der Waals surface area contributed by atoms with E-state index in [9.17, 15) is 0 Å². The van der Waals surface area contributed by atoms with E-state index in [2.05, 4.69) is 43.2 Å². The van der Waals surface area contributed by atoms with Crippen LogP contribution in [0.3, 0.4) is 0 Å². The van der Waals surface area contributed by atoms with Crippen molar-refractivity contribution in [1.29, 1.82) is 0 Å². The van der Waals surface area contributed by atoms with E-state index >= 15 is 0 Å². The van der Waals surface area contributed by atoms with Gasteiger partial charge in [-0.05, 0) is 30.9 Å². The van der Waals surface area contributed by atoms with Gasteiger partial charge in [-0.2, -0.15) is 5.10 Å². The van der Waals surface area contributed by atoms with Crippen LogP contribution in [0.15, 0.2) is 24.3 Å². The van der Waals surface area contributed by atoms with Gasteiger partial charge in [-0.15, -0.1) is 0 Å². The highest BCUT2D eigenvalue weighted by molar-refractivity contribution is 5.81. The Balaban J connectivity index is 2.36. The second-order valence-electron chi connectivity index (χ2n) is 5.47. The minimum atomic E-state index is 0.214. The number of fused-ring (bicyclic) bond motifs is 1. The van der Waals surface area contributed by atoms with Gasteiger partial charge < -0.3 is 5.73 Å². The van der Waals surface area contributed by atoms with Gasteiger partial charge in [-0.25, -0.2) is 0 Å². The topological polar surface area (TPSA) is 43.8 Å². The molecule has 0 unspecified atom stereocenters. The number of para-hydroxylation sites is 1. The van der Waals surface area contributed by atoms with Crippen LogP contribution in [0.2, 0.25) is 0 Å². The van der Waals surface area contributed by atoms with E-state index in [4.69, 9.17) is 5.73 Å². The first-order valence-corrected chi connectivity index (χ1v) is 6.14. The third-order valence-corrected chi connectivity index (χ3v) is 3.30. The summed E-state index contributed by atoms with van der Waals surface area (Å²) < 4.78 is 1.96. The van der Waals surface area contributed by atoms with E-state index in [-0.39, 0.29) is 5.41 Å². The van der Waals surface area contributed by atoms with Crippen molar-refractivity contribution in [3.8, 4) is 0 Å². The summed E-state index contributed by atoms with van der Waals surface area (Å²) in [6.07, 6.45) is 2.00. The number of nitrogens with two attached hydrogens (primary N) is 1. The number of aryl methyl sites for hydroxylation is 1. The van der Waals surface area contributed by atoms with Crippen molar-refractivity contribution in [2.24, 2.45) is 18.2 Å². The molecule has 3 heteroatoms. The third kappa shape index (κ3) is 2.50. The first-order chi connectivity index (χ1) is 8.03. The van der Waals surface area contributed by atoms with Gasteiger partial charge in [0, 0.05) is 12.4 Å². The van der Waals surface area contributed by atoms with Crippen LogP contribution >= 0.6 is 0 Å². The average molecular weight is 231 g/mol. The Morgan fingerprint density at radius 1 is 1.29 bits per heavy atom. The van der Waals surface area contributed by atoms with E-state index in [0.717, 1.165) is 19.4 Å². The lowest BCUT2D eigenvalue weighted by atomic mass is 9.84. The second-order valence-corrected chi connectivity index (χ2v) is 5.47. The van der Waals surface area contributed by atoms with Crippen LogP contribution in [-0.2, 0) is 13.5 Å². The van der Waals surface area contributed by atoms with Crippen LogP contribution in [-0.4, -0.2) is 16.3 Å². The fourth-order valence-electron chi connectivity index (χ4n) is 2.35. The van der Waals surface area contributed by atoms with Crippen LogP contribution < -0.4 is 5.73 Å². The quantitative estimate of drug-likeness (QED) is 0.878. The lowest BCUT2D eigenvalue weighted by molar-refractivity contribution is 0.335. The van der Waals surface area contributed by atoms with Crippen molar-refractivity contribution in [2.45, 2.75) is 26.7 Å². The Bertz CT molecular complexity index is 511. The Morgan fingerprint density at radius 2 is 2.00 bits per heavy atom. The number of nitrogens with zero attached hydrogens (tertiary/aromatic N) is 2. The Labute approximate surface area is 103 Å². The smallest absolute Gasteiger partial charge is 0.0708 e. The van der Waals surface area contributed by atoms with E-state index in [1.165, 1.54) is 16.6 Å². The van der Waals surface area contributed by atoms with Gasteiger partial charge in [0.1, 0.15) is 0 Å². The van der Waals surface area contributed by atoms with Gasteiger partial charge in [0.25, 0.3) is 0 Å². The number of benzene rings is 1. The van der Waals surface area contributed by atoms with Crippen molar-refractivity contribution in [2.75, 3.05) is 6.54 Å². The molecule has 17 heavy (non-hydrogen) atoms. The molecule has 0 aliphatic carbocycles. The molecule has 2 N–H and O–H groups in total. The summed E-state index contributed by atoms with van der Waals surface area (Å²) >= 11 is 0. The minimum Gasteiger partial charge on any atom is -0.330 e. The molecule has 0 fully saturated rings. The molecule has 0 atom stereocenters. The maximum absolute atomic E-state index is 5.66. The molecule has 0 bridgehead atoms. The lowest BCUT2D eigenvalue weighted by Crippen LogP contribution is -2.20. The summed E-state index contributed by atoms with van der Waals surface area (Å²) in [5.74, 6) is 0. The van der Waals surface area contributed by atoms with Crippen molar-refractivity contribution >= 4 is 10.9 Å². The third-order valence-electron chi connectivity index (χ3n) is 3.30. The number of rotatable bonds is 4. The minimum absolute atomic E-state index is 0.214. The molecule has 92 valence electrons. The van der Waals surface area contributed by atoms with E-state index < -0.39 is 0 Å². The van der Waals surface area contributed by atoms with Crippen LogP contribution in [0.5, 0.6) is 0 Å². The molecule has 0 saturated carbocycles. The molecule has 1 aromatic heterocycles. The molecule has 0 radical (unpaired) electrons. The normalized spacial score (nSPS) is 12.2. The van der Waals surface area contributed by atoms with Crippen molar-refractivity contribution < 1.29 is 0 Å². The standard InChI is InChI=1S/C14H21N3/c1-14(2,8-9-15)10-12-11-6-4-5-7-13(11)17(3)16-12/h4-7H,8-10,15H2,1-3H3. The van der Waals surface area contributed by atoms with Crippen LogP contribution in [0.4, 0.5) is 0 Å². The monoisotopic (exact) mass is 231 g/mol. The summed E-state index contributed by atoms with van der Waals surface area (Å²) in [5, 5.41) is 5.90. The predicted molar refractivity (Wildman–Crippen MR) is 71.9 cm³/mol. The highest BCUT2D eigenvalue weighted by Crippen LogP contribution is 2.28. The maximum atomic E-state index is 5.66. The fraction of sp³-hybridized carbons (Fsp3) is 0.500. The molecule has 3 nitrogen and oxygen atoms in total. The molecular formula is C14H21N3. The average Bonchev–Trinajstić information content (AvgIpc) is 2.56. The van der Waals surface area contributed by atoms with Gasteiger partial charge in [-0.3, -0.25) is 4.68 Å². The molecule has 1 heterocycles. The Hall–Kier alpha value is -1.35. The number of aromatic nitrogens is 2. The molecule has 0 amide bonds. The van der Waals surface area contributed by atoms with E-state index in [0.29, 0.717) is 0 Å². The SMILES string of the molecule is Cn1nc(CC(C)(C)CCN)c2ccccc21. The van der Waals surface area contributed by atoms with E-state index in [1.807, 2.05) is 11.7 Å². The van der Waals surface area contributed by atoms with Crippen molar-refractivity contribution in [3.05, 3.63) is 30.0 Å². The summed E-state index contributed by atoms with van der Waals surface area (Å²) in [7, 11) is 2.00. The van der Waals surface area contributed by atoms with Gasteiger partial charge in [0.05, 0.1) is 11.2 Å². The Kier molecular flexibility index (Phi) is 3.20. The lowest BCUT2D eigenvalue weighted by Gasteiger charge is -2.22. The number of hydrogen-bond acceptors (Lipinski definition) is 2. The largest absolute Gasteiger partial charge is 0.330 e. The zero-order valence-electron chi connectivity index (χ0n) is 10.9. The fourth-order valence-corrected chi connectivity index (χ4v) is 2.35. The second kappa shape index (κ2) is 4.49.